The molecule has 20 heavy (non-hydrogen) atoms. The minimum atomic E-state index is -3.46. The van der Waals surface area contributed by atoms with E-state index in [0.29, 0.717) is 19.4 Å². The predicted octanol–water partition coefficient (Wildman–Crippen LogP) is 0.170. The van der Waals surface area contributed by atoms with Crippen LogP contribution in [0.3, 0.4) is 0 Å². The van der Waals surface area contributed by atoms with Gasteiger partial charge in [0.25, 0.3) is 0 Å². The van der Waals surface area contributed by atoms with E-state index in [1.165, 1.54) is 11.8 Å². The number of rotatable bonds is 7. The Hall–Kier alpha value is -1.15. The molecule has 0 spiro atoms. The lowest BCUT2D eigenvalue weighted by Gasteiger charge is -2.26. The topological polar surface area (TPSA) is 104 Å². The van der Waals surface area contributed by atoms with Gasteiger partial charge in [0.05, 0.1) is 18.2 Å². The van der Waals surface area contributed by atoms with Gasteiger partial charge in [-0.2, -0.15) is 0 Å². The van der Waals surface area contributed by atoms with Gasteiger partial charge in [-0.25, -0.2) is 13.1 Å². The van der Waals surface area contributed by atoms with Gasteiger partial charge in [0, 0.05) is 12.6 Å². The Kier molecular flexibility index (Phi) is 5.94. The zero-order valence-corrected chi connectivity index (χ0v) is 12.6. The molecular formula is C12H22N2O5S. The second-order valence-electron chi connectivity index (χ2n) is 5.08. The summed E-state index contributed by atoms with van der Waals surface area (Å²) in [6, 6.07) is -1.20. The standard InChI is InChI=1S/C12H22N2O5S/c1-3-7-20(18,19)13-9(2)12(17)14-6-4-5-10(14)8-11(15)16/h9-10,13H,3-8H2,1-2H3,(H,15,16). The summed E-state index contributed by atoms with van der Waals surface area (Å²) in [6.45, 7) is 3.72. The number of amides is 1. The molecule has 0 aromatic heterocycles. The Bertz CT molecular complexity index is 462. The summed E-state index contributed by atoms with van der Waals surface area (Å²) in [4.78, 5) is 24.5. The van der Waals surface area contributed by atoms with Crippen LogP contribution in [-0.2, 0) is 19.6 Å². The van der Waals surface area contributed by atoms with Gasteiger partial charge in [0.2, 0.25) is 15.9 Å². The van der Waals surface area contributed by atoms with E-state index in [-0.39, 0.29) is 24.1 Å². The van der Waals surface area contributed by atoms with Crippen LogP contribution < -0.4 is 4.72 Å². The van der Waals surface area contributed by atoms with E-state index in [1.807, 2.05) is 0 Å². The van der Waals surface area contributed by atoms with Gasteiger partial charge in [0.1, 0.15) is 0 Å². The van der Waals surface area contributed by atoms with E-state index in [2.05, 4.69) is 4.72 Å². The largest absolute Gasteiger partial charge is 0.481 e. The van der Waals surface area contributed by atoms with Crippen LogP contribution >= 0.6 is 0 Å². The maximum Gasteiger partial charge on any atom is 0.305 e. The number of carboxylic acids is 1. The summed E-state index contributed by atoms with van der Waals surface area (Å²) in [6.07, 6.45) is 1.77. The van der Waals surface area contributed by atoms with Gasteiger partial charge in [-0.05, 0) is 26.2 Å². The molecule has 0 aliphatic carbocycles. The van der Waals surface area contributed by atoms with Gasteiger partial charge in [0.15, 0.2) is 0 Å². The third-order valence-electron chi connectivity index (χ3n) is 3.27. The van der Waals surface area contributed by atoms with Gasteiger partial charge >= 0.3 is 5.97 Å². The van der Waals surface area contributed by atoms with Crippen molar-refractivity contribution >= 4 is 21.9 Å². The van der Waals surface area contributed by atoms with Gasteiger partial charge in [-0.3, -0.25) is 9.59 Å². The van der Waals surface area contributed by atoms with Crippen LogP contribution in [0.2, 0.25) is 0 Å². The third kappa shape index (κ3) is 4.75. The van der Waals surface area contributed by atoms with Crippen LogP contribution in [0.5, 0.6) is 0 Å². The molecular weight excluding hydrogens is 284 g/mol. The molecule has 1 aliphatic rings. The molecule has 0 aromatic carbocycles. The number of carboxylic acid groups (broad SMARTS) is 1. The highest BCUT2D eigenvalue weighted by atomic mass is 32.2. The monoisotopic (exact) mass is 306 g/mol. The molecule has 8 heteroatoms. The average molecular weight is 306 g/mol. The first-order chi connectivity index (χ1) is 9.26. The third-order valence-corrected chi connectivity index (χ3v) is 4.93. The van der Waals surface area contributed by atoms with Gasteiger partial charge < -0.3 is 10.0 Å². The van der Waals surface area contributed by atoms with E-state index in [0.717, 1.165) is 6.42 Å². The second kappa shape index (κ2) is 7.03. The highest BCUT2D eigenvalue weighted by molar-refractivity contribution is 7.89. The summed E-state index contributed by atoms with van der Waals surface area (Å²) < 4.78 is 25.6. The molecule has 1 fully saturated rings. The van der Waals surface area contributed by atoms with Crippen molar-refractivity contribution in [2.24, 2.45) is 0 Å². The molecule has 1 heterocycles. The van der Waals surface area contributed by atoms with Crippen molar-refractivity contribution in [2.75, 3.05) is 12.3 Å². The average Bonchev–Trinajstić information content (AvgIpc) is 2.74. The van der Waals surface area contributed by atoms with Crippen molar-refractivity contribution in [1.82, 2.24) is 9.62 Å². The van der Waals surface area contributed by atoms with Crippen molar-refractivity contribution in [3.63, 3.8) is 0 Å². The molecule has 1 rings (SSSR count). The number of likely N-dealkylation sites (tertiary alicyclic amines) is 1. The van der Waals surface area contributed by atoms with E-state index < -0.39 is 22.0 Å². The fourth-order valence-electron chi connectivity index (χ4n) is 2.44. The number of aliphatic carboxylic acids is 1. The highest BCUT2D eigenvalue weighted by Gasteiger charge is 2.33. The van der Waals surface area contributed by atoms with Crippen molar-refractivity contribution in [3.05, 3.63) is 0 Å². The van der Waals surface area contributed by atoms with Crippen LogP contribution in [0, 0.1) is 0 Å². The molecule has 0 bridgehead atoms. The molecule has 1 saturated heterocycles. The summed E-state index contributed by atoms with van der Waals surface area (Å²) >= 11 is 0. The first kappa shape index (κ1) is 16.9. The predicted molar refractivity (Wildman–Crippen MR) is 73.7 cm³/mol. The summed E-state index contributed by atoms with van der Waals surface area (Å²) in [5.74, 6) is -1.33. The molecule has 0 saturated carbocycles. The van der Waals surface area contributed by atoms with E-state index in [1.54, 1.807) is 6.92 Å². The van der Waals surface area contributed by atoms with Crippen LogP contribution in [0.1, 0.15) is 39.5 Å². The Morgan fingerprint density at radius 1 is 1.45 bits per heavy atom. The smallest absolute Gasteiger partial charge is 0.305 e. The quantitative estimate of drug-likeness (QED) is 0.698. The maximum absolute atomic E-state index is 12.2. The Labute approximate surface area is 119 Å². The zero-order valence-electron chi connectivity index (χ0n) is 11.8. The number of nitrogens with zero attached hydrogens (tertiary/aromatic N) is 1. The van der Waals surface area contributed by atoms with E-state index >= 15 is 0 Å². The Morgan fingerprint density at radius 2 is 2.10 bits per heavy atom. The normalized spacial score (nSPS) is 20.9. The Balaban J connectivity index is 2.66. The molecule has 7 nitrogen and oxygen atoms in total. The van der Waals surface area contributed by atoms with E-state index in [4.69, 9.17) is 5.11 Å². The lowest BCUT2D eigenvalue weighted by atomic mass is 10.1. The zero-order chi connectivity index (χ0) is 15.3. The van der Waals surface area contributed by atoms with Crippen molar-refractivity contribution in [3.8, 4) is 0 Å². The number of carbonyl (C=O) groups is 2. The first-order valence-electron chi connectivity index (χ1n) is 6.79. The lowest BCUT2D eigenvalue weighted by Crippen LogP contribution is -2.49. The maximum atomic E-state index is 12.2. The van der Waals surface area contributed by atoms with Gasteiger partial charge in [-0.1, -0.05) is 6.92 Å². The molecule has 1 aliphatic heterocycles. The lowest BCUT2D eigenvalue weighted by molar-refractivity contribution is -0.140. The SMILES string of the molecule is CCCS(=O)(=O)NC(C)C(=O)N1CCCC1CC(=O)O. The molecule has 2 atom stereocenters. The van der Waals surface area contributed by atoms with Crippen LogP contribution in [0.25, 0.3) is 0 Å². The first-order valence-corrected chi connectivity index (χ1v) is 8.44. The van der Waals surface area contributed by atoms with Crippen molar-refractivity contribution in [1.29, 1.82) is 0 Å². The number of hydrogen-bond acceptors (Lipinski definition) is 4. The fraction of sp³-hybridized carbons (Fsp3) is 0.833. The number of carbonyl (C=O) groups excluding carboxylic acids is 1. The molecule has 2 N–H and O–H groups in total. The molecule has 1 amide bonds. The number of hydrogen-bond donors (Lipinski definition) is 2. The molecule has 0 radical (unpaired) electrons. The highest BCUT2D eigenvalue weighted by Crippen LogP contribution is 2.21. The van der Waals surface area contributed by atoms with Crippen LogP contribution in [0.4, 0.5) is 0 Å². The number of nitrogens with one attached hydrogen (secondary N) is 1. The van der Waals surface area contributed by atoms with Crippen molar-refractivity contribution in [2.45, 2.75) is 51.6 Å². The van der Waals surface area contributed by atoms with Crippen LogP contribution in [0.15, 0.2) is 0 Å². The summed E-state index contributed by atoms with van der Waals surface area (Å²) in [7, 11) is -3.46. The number of sulfonamides is 1. The second-order valence-corrected chi connectivity index (χ2v) is 6.96. The molecule has 116 valence electrons. The molecule has 2 unspecified atom stereocenters. The summed E-state index contributed by atoms with van der Waals surface area (Å²) in [5.41, 5.74) is 0. The van der Waals surface area contributed by atoms with Crippen LogP contribution in [-0.4, -0.2) is 54.7 Å². The molecule has 0 aromatic rings. The Morgan fingerprint density at radius 3 is 2.65 bits per heavy atom. The van der Waals surface area contributed by atoms with Gasteiger partial charge in [-0.15, -0.1) is 0 Å². The summed E-state index contributed by atoms with van der Waals surface area (Å²) in [5, 5.41) is 8.82. The van der Waals surface area contributed by atoms with Crippen molar-refractivity contribution < 1.29 is 23.1 Å². The fourth-order valence-corrected chi connectivity index (χ4v) is 3.73. The minimum absolute atomic E-state index is 0.0246. The minimum Gasteiger partial charge on any atom is -0.481 e. The van der Waals surface area contributed by atoms with E-state index in [9.17, 15) is 18.0 Å².